The fourth-order valence-electron chi connectivity index (χ4n) is 0.0945. The lowest BCUT2D eigenvalue weighted by Crippen LogP contribution is -2.03. The van der Waals surface area contributed by atoms with Crippen molar-refractivity contribution < 1.29 is 26.3 Å². The molecule has 10 heavy (non-hydrogen) atoms. The molecule has 0 atom stereocenters. The molecule has 0 rings (SSSR count). The first-order valence-electron chi connectivity index (χ1n) is 1.71. The molecule has 0 aliphatic heterocycles. The van der Waals surface area contributed by atoms with Crippen LogP contribution >= 0.6 is 21.6 Å². The Hall–Kier alpha value is 0.280. The maximum atomic E-state index is 11.0. The molecule has 0 N–H and O–H groups in total. The van der Waals surface area contributed by atoms with Gasteiger partial charge in [-0.05, 0) is 0 Å². The van der Waals surface area contributed by atoms with Gasteiger partial charge in [-0.15, -0.1) is 0 Å². The Bertz CT molecular complexity index is 87.3. The molecule has 0 bridgehead atoms. The molecule has 0 aromatic rings. The van der Waals surface area contributed by atoms with Crippen molar-refractivity contribution in [1.82, 2.24) is 0 Å². The molecule has 0 aliphatic rings. The summed E-state index contributed by atoms with van der Waals surface area (Å²) in [4.78, 5) is 0. The first-order chi connectivity index (χ1) is 4.21. The molecule has 0 amide bonds. The average Bonchev–Trinajstić information content (AvgIpc) is 1.57. The van der Waals surface area contributed by atoms with Gasteiger partial charge in [0.1, 0.15) is 0 Å². The van der Waals surface area contributed by atoms with E-state index in [9.17, 15) is 26.3 Å². The number of alkyl halides is 6. The lowest BCUT2D eigenvalue weighted by Gasteiger charge is -2.05. The van der Waals surface area contributed by atoms with Gasteiger partial charge >= 0.3 is 11.0 Å². The van der Waals surface area contributed by atoms with Gasteiger partial charge in [-0.1, -0.05) is 0 Å². The van der Waals surface area contributed by atoms with E-state index in [-0.39, 0.29) is 0 Å². The highest BCUT2D eigenvalue weighted by Crippen LogP contribution is 2.48. The van der Waals surface area contributed by atoms with Crippen LogP contribution in [0.25, 0.3) is 0 Å². The van der Waals surface area contributed by atoms with Crippen molar-refractivity contribution in [3.63, 3.8) is 0 Å². The fourth-order valence-corrected chi connectivity index (χ4v) is 0.850. The van der Waals surface area contributed by atoms with E-state index < -0.39 is 32.6 Å². The van der Waals surface area contributed by atoms with Crippen LogP contribution in [0.15, 0.2) is 0 Å². The Kier molecular flexibility index (Phi) is 3.21. The second-order valence-electron chi connectivity index (χ2n) is 1.06. The van der Waals surface area contributed by atoms with E-state index in [0.717, 1.165) is 0 Å². The third-order valence-electron chi connectivity index (χ3n) is 0.231. The van der Waals surface area contributed by atoms with Crippen molar-refractivity contribution in [3.05, 3.63) is 0 Å². The van der Waals surface area contributed by atoms with Crippen LogP contribution < -0.4 is 0 Å². The predicted molar refractivity (Wildman–Crippen MR) is 27.3 cm³/mol. The Morgan fingerprint density at radius 3 is 0.900 bits per heavy atom. The number of halogens is 6. The van der Waals surface area contributed by atoms with Crippen molar-refractivity contribution in [2.45, 2.75) is 11.0 Å². The lowest BCUT2D eigenvalue weighted by molar-refractivity contribution is -0.0372. The van der Waals surface area contributed by atoms with Crippen LogP contribution in [-0.2, 0) is 0 Å². The number of hydrogen-bond acceptors (Lipinski definition) is 2. The van der Waals surface area contributed by atoms with Crippen molar-refractivity contribution >= 4 is 21.6 Å². The predicted octanol–water partition coefficient (Wildman–Crippen LogP) is 3.41. The van der Waals surface area contributed by atoms with Crippen LogP contribution in [0.1, 0.15) is 0 Å². The Labute approximate surface area is 59.7 Å². The summed E-state index contributed by atoms with van der Waals surface area (Å²) in [7, 11) is -2.34. The maximum absolute atomic E-state index is 11.0. The highest BCUT2D eigenvalue weighted by atomic mass is 33.1. The molecular weight excluding hydrogens is 202 g/mol. The summed E-state index contributed by atoms with van der Waals surface area (Å²) >= 11 is 0. The summed E-state index contributed by atoms with van der Waals surface area (Å²) in [6.07, 6.45) is 0. The minimum absolute atomic E-state index is 1.17. The molecular formula is C2F6S2. The molecule has 0 spiro atoms. The minimum Gasteiger partial charge on any atom is -0.160 e. The molecule has 0 aromatic carbocycles. The largest absolute Gasteiger partial charge is 0.452 e. The first kappa shape index (κ1) is 10.3. The van der Waals surface area contributed by atoms with E-state index in [1.807, 2.05) is 0 Å². The molecule has 0 nitrogen and oxygen atoms in total. The summed E-state index contributed by atoms with van der Waals surface area (Å²) < 4.78 is 66.2. The van der Waals surface area contributed by atoms with Crippen LogP contribution in [0.2, 0.25) is 0 Å². The molecule has 0 unspecified atom stereocenters. The third kappa shape index (κ3) is 8.28. The van der Waals surface area contributed by atoms with Crippen LogP contribution in [0, 0.1) is 0 Å². The van der Waals surface area contributed by atoms with E-state index in [2.05, 4.69) is 0 Å². The second kappa shape index (κ2) is 3.12. The van der Waals surface area contributed by atoms with Crippen molar-refractivity contribution in [3.8, 4) is 0 Å². The molecule has 0 saturated carbocycles. The summed E-state index contributed by atoms with van der Waals surface area (Å²) in [5.74, 6) is 0. The van der Waals surface area contributed by atoms with E-state index in [1.54, 1.807) is 0 Å². The average molecular weight is 202 g/mol. The standard InChI is InChI=1S/C2F6S2/c3-1(4,5)9-10-2(6,7)8. The Morgan fingerprint density at radius 2 is 0.800 bits per heavy atom. The highest BCUT2D eigenvalue weighted by Gasteiger charge is 2.38. The van der Waals surface area contributed by atoms with E-state index in [0.29, 0.717) is 0 Å². The van der Waals surface area contributed by atoms with Gasteiger partial charge in [-0.3, -0.25) is 0 Å². The molecule has 0 aliphatic carbocycles. The van der Waals surface area contributed by atoms with Gasteiger partial charge in [-0.25, -0.2) is 0 Å². The first-order valence-corrected chi connectivity index (χ1v) is 3.86. The van der Waals surface area contributed by atoms with Gasteiger partial charge in [0, 0.05) is 21.6 Å². The summed E-state index contributed by atoms with van der Waals surface area (Å²) in [6.45, 7) is 0. The van der Waals surface area contributed by atoms with Gasteiger partial charge < -0.3 is 0 Å². The summed E-state index contributed by atoms with van der Waals surface area (Å²) in [6, 6.07) is 0. The van der Waals surface area contributed by atoms with Gasteiger partial charge in [0.05, 0.1) is 0 Å². The molecule has 0 radical (unpaired) electrons. The van der Waals surface area contributed by atoms with E-state index in [4.69, 9.17) is 0 Å². The molecule has 0 aromatic heterocycles. The lowest BCUT2D eigenvalue weighted by atomic mass is 11.6. The van der Waals surface area contributed by atoms with Gasteiger partial charge in [0.25, 0.3) is 0 Å². The SMILES string of the molecule is FC(F)(F)SSC(F)(F)F. The van der Waals surface area contributed by atoms with Gasteiger partial charge in [-0.2, -0.15) is 26.3 Å². The number of rotatable bonds is 1. The molecule has 0 saturated heterocycles. The fraction of sp³-hybridized carbons (Fsp3) is 1.00. The third-order valence-corrected chi connectivity index (χ3v) is 2.08. The second-order valence-corrected chi connectivity index (χ2v) is 3.32. The summed E-state index contributed by atoms with van der Waals surface area (Å²) in [5, 5.41) is 0. The van der Waals surface area contributed by atoms with Crippen molar-refractivity contribution in [2.75, 3.05) is 0 Å². The topological polar surface area (TPSA) is 0 Å². The van der Waals surface area contributed by atoms with Crippen LogP contribution in [0.3, 0.4) is 0 Å². The minimum atomic E-state index is -4.83. The smallest absolute Gasteiger partial charge is 0.160 e. The molecule has 62 valence electrons. The van der Waals surface area contributed by atoms with Crippen molar-refractivity contribution in [2.24, 2.45) is 0 Å². The number of hydrogen-bond donors (Lipinski definition) is 0. The van der Waals surface area contributed by atoms with Gasteiger partial charge in [0.2, 0.25) is 0 Å². The zero-order chi connectivity index (χ0) is 8.41. The van der Waals surface area contributed by atoms with Crippen molar-refractivity contribution in [1.29, 1.82) is 0 Å². The quantitative estimate of drug-likeness (QED) is 0.472. The zero-order valence-corrected chi connectivity index (χ0v) is 5.72. The summed E-state index contributed by atoms with van der Waals surface area (Å²) in [5.41, 5.74) is -9.67. The van der Waals surface area contributed by atoms with E-state index >= 15 is 0 Å². The maximum Gasteiger partial charge on any atom is 0.452 e. The molecule has 8 heteroatoms. The van der Waals surface area contributed by atoms with Crippen LogP contribution in [0.4, 0.5) is 26.3 Å². The molecule has 0 heterocycles. The monoisotopic (exact) mass is 202 g/mol. The Balaban J connectivity index is 3.56. The normalized spacial score (nSPS) is 13.8. The highest BCUT2D eigenvalue weighted by molar-refractivity contribution is 8.77. The zero-order valence-electron chi connectivity index (χ0n) is 4.08. The Morgan fingerprint density at radius 1 is 0.600 bits per heavy atom. The van der Waals surface area contributed by atoms with Crippen LogP contribution in [-0.4, -0.2) is 11.0 Å². The van der Waals surface area contributed by atoms with Gasteiger partial charge in [0.15, 0.2) is 0 Å². The molecule has 0 fully saturated rings. The van der Waals surface area contributed by atoms with Crippen LogP contribution in [0.5, 0.6) is 0 Å². The van der Waals surface area contributed by atoms with E-state index in [1.165, 1.54) is 0 Å².